The standard InChI is InChI=1S/C38H38ClF3N4O6S/c1-4-51-36(48)19-33(26-6-5-23(2)28(17-26)20-45-21-29-18-31(47)11-14-35(29)52-53(45,49)50)32-12-13-34-37(24(32)3)43-44-46(34)22-27(15-16-39)25-7-9-30(10-8-25)38(40,41)42/h5-14,17-18,27,33,47H,4,15-16,19-22H2,1-3H3. The molecule has 0 saturated carbocycles. The maximum atomic E-state index is 13.2. The van der Waals surface area contributed by atoms with Crippen molar-refractivity contribution in [3.8, 4) is 11.5 Å². The molecule has 2 unspecified atom stereocenters. The molecular weight excluding hydrogens is 733 g/mol. The van der Waals surface area contributed by atoms with Gasteiger partial charge in [0.1, 0.15) is 17.0 Å². The van der Waals surface area contributed by atoms with Crippen LogP contribution in [-0.4, -0.2) is 51.3 Å². The number of aromatic hydroxyl groups is 1. The fraction of sp³-hybridized carbons (Fsp3) is 0.342. The summed E-state index contributed by atoms with van der Waals surface area (Å²) in [6, 6.07) is 18.7. The highest BCUT2D eigenvalue weighted by molar-refractivity contribution is 7.84. The molecule has 0 spiro atoms. The minimum Gasteiger partial charge on any atom is -0.508 e. The Bertz CT molecular complexity index is 2250. The van der Waals surface area contributed by atoms with E-state index in [0.717, 1.165) is 34.4 Å². The summed E-state index contributed by atoms with van der Waals surface area (Å²) < 4.78 is 79.5. The first-order valence-corrected chi connectivity index (χ1v) is 18.9. The number of phenolic OH excluding ortho intramolecular Hbond substituents is 1. The first-order valence-electron chi connectivity index (χ1n) is 17.0. The maximum Gasteiger partial charge on any atom is 0.416 e. The monoisotopic (exact) mass is 770 g/mol. The molecule has 0 amide bonds. The van der Waals surface area contributed by atoms with E-state index in [1.165, 1.54) is 34.6 Å². The van der Waals surface area contributed by atoms with Gasteiger partial charge in [0.05, 0.1) is 30.7 Å². The number of alkyl halides is 4. The number of carbonyl (C=O) groups excluding carboxylic acids is 1. The normalized spacial score (nSPS) is 15.5. The lowest BCUT2D eigenvalue weighted by Crippen LogP contribution is -2.37. The number of esters is 1. The second-order valence-electron chi connectivity index (χ2n) is 13.1. The molecule has 0 aliphatic carbocycles. The third-order valence-corrected chi connectivity index (χ3v) is 11.1. The third-order valence-electron chi connectivity index (χ3n) is 9.62. The Morgan fingerprint density at radius 2 is 1.77 bits per heavy atom. The first-order chi connectivity index (χ1) is 25.2. The summed E-state index contributed by atoms with van der Waals surface area (Å²) in [5.41, 5.74) is 5.66. The number of aryl methyl sites for hydroxylation is 2. The molecule has 4 aromatic carbocycles. The van der Waals surface area contributed by atoms with Gasteiger partial charge in [0.15, 0.2) is 0 Å². The average Bonchev–Trinajstić information content (AvgIpc) is 3.52. The van der Waals surface area contributed by atoms with Crippen molar-refractivity contribution in [2.45, 2.75) is 71.3 Å². The molecule has 53 heavy (non-hydrogen) atoms. The number of aromatic nitrogens is 3. The highest BCUT2D eigenvalue weighted by Gasteiger charge is 2.33. The van der Waals surface area contributed by atoms with Crippen LogP contribution in [0.4, 0.5) is 13.2 Å². The van der Waals surface area contributed by atoms with Crippen molar-refractivity contribution in [3.05, 3.63) is 117 Å². The van der Waals surface area contributed by atoms with E-state index >= 15 is 0 Å². The van der Waals surface area contributed by atoms with E-state index in [9.17, 15) is 31.5 Å². The van der Waals surface area contributed by atoms with E-state index in [0.29, 0.717) is 46.6 Å². The molecule has 2 heterocycles. The average molecular weight is 771 g/mol. The molecule has 0 fully saturated rings. The smallest absolute Gasteiger partial charge is 0.416 e. The Morgan fingerprint density at radius 3 is 2.47 bits per heavy atom. The molecule has 0 radical (unpaired) electrons. The van der Waals surface area contributed by atoms with Gasteiger partial charge in [0, 0.05) is 36.4 Å². The van der Waals surface area contributed by atoms with Crippen molar-refractivity contribution in [2.24, 2.45) is 0 Å². The summed E-state index contributed by atoms with van der Waals surface area (Å²) in [5, 5.41) is 18.9. The fourth-order valence-electron chi connectivity index (χ4n) is 6.75. The van der Waals surface area contributed by atoms with E-state index in [2.05, 4.69) is 10.3 Å². The molecule has 15 heteroatoms. The summed E-state index contributed by atoms with van der Waals surface area (Å²) in [6.07, 6.45) is -3.94. The number of rotatable bonds is 12. The van der Waals surface area contributed by atoms with Crippen LogP contribution >= 0.6 is 11.6 Å². The third kappa shape index (κ3) is 8.29. The molecule has 1 N–H and O–H groups in total. The number of nitrogens with zero attached hydrogens (tertiary/aromatic N) is 4. The lowest BCUT2D eigenvalue weighted by Gasteiger charge is -2.28. The van der Waals surface area contributed by atoms with Gasteiger partial charge in [-0.25, -0.2) is 4.68 Å². The van der Waals surface area contributed by atoms with Crippen LogP contribution in [0.1, 0.15) is 76.1 Å². The topological polar surface area (TPSA) is 124 Å². The van der Waals surface area contributed by atoms with Gasteiger partial charge in [0.2, 0.25) is 0 Å². The minimum atomic E-state index is -4.44. The Labute approximate surface area is 310 Å². The van der Waals surface area contributed by atoms with E-state index in [1.54, 1.807) is 11.6 Å². The number of phenols is 1. The number of carbonyl (C=O) groups is 1. The van der Waals surface area contributed by atoms with E-state index in [4.69, 9.17) is 20.5 Å². The van der Waals surface area contributed by atoms with Gasteiger partial charge in [-0.1, -0.05) is 41.6 Å². The number of hydrogen-bond acceptors (Lipinski definition) is 8. The summed E-state index contributed by atoms with van der Waals surface area (Å²) >= 11 is 6.12. The fourth-order valence-corrected chi connectivity index (χ4v) is 8.10. The Hall–Kier alpha value is -4.66. The van der Waals surface area contributed by atoms with Crippen LogP contribution < -0.4 is 4.18 Å². The summed E-state index contributed by atoms with van der Waals surface area (Å²) in [4.78, 5) is 13.0. The van der Waals surface area contributed by atoms with Crippen LogP contribution in [0.3, 0.4) is 0 Å². The quantitative estimate of drug-likeness (QED) is 0.100. The second-order valence-corrected chi connectivity index (χ2v) is 15.0. The molecule has 2 atom stereocenters. The zero-order valence-electron chi connectivity index (χ0n) is 29.2. The summed E-state index contributed by atoms with van der Waals surface area (Å²) in [7, 11) is -4.14. The molecule has 1 aliphatic rings. The number of hydrogen-bond donors (Lipinski definition) is 1. The van der Waals surface area contributed by atoms with Crippen LogP contribution in [-0.2, 0) is 45.6 Å². The van der Waals surface area contributed by atoms with Gasteiger partial charge in [-0.2, -0.15) is 25.9 Å². The van der Waals surface area contributed by atoms with Crippen molar-refractivity contribution < 1.29 is 40.4 Å². The molecular formula is C38H38ClF3N4O6S. The van der Waals surface area contributed by atoms with E-state index < -0.39 is 33.9 Å². The Balaban J connectivity index is 1.32. The molecule has 6 rings (SSSR count). The summed E-state index contributed by atoms with van der Waals surface area (Å²) in [5.74, 6) is -0.680. The van der Waals surface area contributed by atoms with Crippen molar-refractivity contribution in [2.75, 3.05) is 12.5 Å². The molecule has 280 valence electrons. The lowest BCUT2D eigenvalue weighted by atomic mass is 9.84. The maximum absolute atomic E-state index is 13.2. The Morgan fingerprint density at radius 1 is 1.04 bits per heavy atom. The molecule has 1 aromatic heterocycles. The molecule has 1 aliphatic heterocycles. The van der Waals surface area contributed by atoms with Gasteiger partial charge in [0.25, 0.3) is 0 Å². The van der Waals surface area contributed by atoms with E-state index in [-0.39, 0.29) is 43.5 Å². The van der Waals surface area contributed by atoms with Gasteiger partial charge in [-0.3, -0.25) is 4.79 Å². The van der Waals surface area contributed by atoms with Crippen molar-refractivity contribution in [1.82, 2.24) is 19.3 Å². The van der Waals surface area contributed by atoms with E-state index in [1.807, 2.05) is 44.2 Å². The van der Waals surface area contributed by atoms with Gasteiger partial charge in [-0.05, 0) is 97.0 Å². The second kappa shape index (κ2) is 15.4. The van der Waals surface area contributed by atoms with Gasteiger partial charge >= 0.3 is 22.4 Å². The molecule has 10 nitrogen and oxygen atoms in total. The zero-order valence-corrected chi connectivity index (χ0v) is 30.8. The number of benzene rings is 4. The summed E-state index contributed by atoms with van der Waals surface area (Å²) in [6.45, 7) is 6.00. The highest BCUT2D eigenvalue weighted by Crippen LogP contribution is 2.37. The van der Waals surface area contributed by atoms with Crippen LogP contribution in [0.15, 0.2) is 72.8 Å². The number of ether oxygens (including phenoxy) is 1. The molecule has 0 bridgehead atoms. The van der Waals surface area contributed by atoms with Crippen LogP contribution in [0.25, 0.3) is 11.0 Å². The predicted molar refractivity (Wildman–Crippen MR) is 193 cm³/mol. The Kier molecular flexibility index (Phi) is 11.0. The van der Waals surface area contributed by atoms with Crippen molar-refractivity contribution in [1.29, 1.82) is 0 Å². The minimum absolute atomic E-state index is 0.000316. The first kappa shape index (κ1) is 38.1. The van der Waals surface area contributed by atoms with Crippen molar-refractivity contribution >= 4 is 38.9 Å². The predicted octanol–water partition coefficient (Wildman–Crippen LogP) is 7.91. The highest BCUT2D eigenvalue weighted by atomic mass is 35.5. The van der Waals surface area contributed by atoms with Crippen LogP contribution in [0.5, 0.6) is 11.5 Å². The number of fused-ring (bicyclic) bond motifs is 2. The number of halogens is 4. The zero-order chi connectivity index (χ0) is 38.1. The van der Waals surface area contributed by atoms with Gasteiger partial charge in [-0.15, -0.1) is 16.7 Å². The molecule has 0 saturated heterocycles. The lowest BCUT2D eigenvalue weighted by molar-refractivity contribution is -0.143. The largest absolute Gasteiger partial charge is 0.508 e. The van der Waals surface area contributed by atoms with Gasteiger partial charge < -0.3 is 14.0 Å². The van der Waals surface area contributed by atoms with Crippen LogP contribution in [0, 0.1) is 13.8 Å². The SMILES string of the molecule is CCOC(=O)CC(c1ccc(C)c(CN2Cc3cc(O)ccc3OS2(=O)=O)c1)c1ccc2c(nnn2CC(CCCl)c2ccc(C(F)(F)F)cc2)c1C. The van der Waals surface area contributed by atoms with Crippen molar-refractivity contribution in [3.63, 3.8) is 0 Å². The molecule has 5 aromatic rings. The van der Waals surface area contributed by atoms with Crippen LogP contribution in [0.2, 0.25) is 0 Å².